The van der Waals surface area contributed by atoms with Gasteiger partial charge in [-0.25, -0.2) is 9.37 Å². The topological polar surface area (TPSA) is 55.8 Å². The van der Waals surface area contributed by atoms with E-state index in [0.717, 1.165) is 29.5 Å². The first-order valence-electron chi connectivity index (χ1n) is 9.08. The highest BCUT2D eigenvalue weighted by Crippen LogP contribution is 2.20. The van der Waals surface area contributed by atoms with Gasteiger partial charge in [0.1, 0.15) is 5.82 Å². The van der Waals surface area contributed by atoms with E-state index in [9.17, 15) is 4.39 Å². The standard InChI is InChI=1S/C19H29FN6S/c1-6-26(7-2)17-9-8-14(10-16(17)20)11-22-18(21-3)23-12-15-13-27-19(24-15)25(4)5/h8-10,13H,6-7,11-12H2,1-5H3,(H2,21,22,23). The zero-order valence-corrected chi connectivity index (χ0v) is 17.5. The van der Waals surface area contributed by atoms with Crippen LogP contribution in [0.3, 0.4) is 0 Å². The third kappa shape index (κ3) is 5.82. The third-order valence-corrected chi connectivity index (χ3v) is 5.22. The number of benzene rings is 1. The van der Waals surface area contributed by atoms with Gasteiger partial charge in [0.2, 0.25) is 0 Å². The Morgan fingerprint density at radius 3 is 2.44 bits per heavy atom. The van der Waals surface area contributed by atoms with Gasteiger partial charge in [0, 0.05) is 46.2 Å². The molecule has 1 heterocycles. The molecule has 0 radical (unpaired) electrons. The number of anilines is 2. The molecule has 6 nitrogen and oxygen atoms in total. The lowest BCUT2D eigenvalue weighted by molar-refractivity contribution is 0.617. The first-order chi connectivity index (χ1) is 13.0. The van der Waals surface area contributed by atoms with Gasteiger partial charge in [-0.1, -0.05) is 6.07 Å². The summed E-state index contributed by atoms with van der Waals surface area (Å²) in [7, 11) is 5.66. The molecule has 1 aromatic heterocycles. The average Bonchev–Trinajstić information content (AvgIpc) is 3.13. The quantitative estimate of drug-likeness (QED) is 0.534. The molecule has 0 unspecified atom stereocenters. The maximum Gasteiger partial charge on any atom is 0.191 e. The number of aliphatic imine (C=N–C) groups is 1. The van der Waals surface area contributed by atoms with Crippen LogP contribution in [0.4, 0.5) is 15.2 Å². The molecule has 1 aromatic carbocycles. The number of hydrogen-bond donors (Lipinski definition) is 2. The van der Waals surface area contributed by atoms with Crippen molar-refractivity contribution in [3.8, 4) is 0 Å². The zero-order valence-electron chi connectivity index (χ0n) is 16.7. The van der Waals surface area contributed by atoms with Gasteiger partial charge < -0.3 is 20.4 Å². The summed E-state index contributed by atoms with van der Waals surface area (Å²) in [5, 5.41) is 9.44. The van der Waals surface area contributed by atoms with Gasteiger partial charge in [-0.05, 0) is 31.5 Å². The first kappa shape index (κ1) is 21.0. The van der Waals surface area contributed by atoms with Gasteiger partial charge in [-0.2, -0.15) is 0 Å². The molecule has 0 saturated carbocycles. The highest BCUT2D eigenvalue weighted by molar-refractivity contribution is 7.13. The van der Waals surface area contributed by atoms with Crippen LogP contribution in [0, 0.1) is 5.82 Å². The summed E-state index contributed by atoms with van der Waals surface area (Å²) in [6, 6.07) is 5.37. The Balaban J connectivity index is 1.90. The van der Waals surface area contributed by atoms with E-state index in [4.69, 9.17) is 0 Å². The molecule has 2 N–H and O–H groups in total. The van der Waals surface area contributed by atoms with Crippen LogP contribution in [-0.4, -0.2) is 45.2 Å². The lowest BCUT2D eigenvalue weighted by Gasteiger charge is -2.22. The lowest BCUT2D eigenvalue weighted by atomic mass is 10.2. The summed E-state index contributed by atoms with van der Waals surface area (Å²) in [5.74, 6) is 0.460. The monoisotopic (exact) mass is 392 g/mol. The Kier molecular flexibility index (Phi) is 7.84. The molecular weight excluding hydrogens is 363 g/mol. The molecule has 0 atom stereocenters. The summed E-state index contributed by atoms with van der Waals surface area (Å²) >= 11 is 1.60. The average molecular weight is 393 g/mol. The number of nitrogens with zero attached hydrogens (tertiary/aromatic N) is 4. The number of rotatable bonds is 8. The van der Waals surface area contributed by atoms with Crippen LogP contribution in [0.5, 0.6) is 0 Å². The van der Waals surface area contributed by atoms with E-state index in [1.807, 2.05) is 55.3 Å². The van der Waals surface area contributed by atoms with Crippen LogP contribution >= 0.6 is 11.3 Å². The van der Waals surface area contributed by atoms with Gasteiger partial charge >= 0.3 is 0 Å². The molecule has 2 aromatic rings. The number of aromatic nitrogens is 1. The maximum atomic E-state index is 14.4. The number of halogens is 1. The predicted molar refractivity (Wildman–Crippen MR) is 113 cm³/mol. The van der Waals surface area contributed by atoms with Gasteiger partial charge in [-0.15, -0.1) is 11.3 Å². The van der Waals surface area contributed by atoms with Crippen LogP contribution in [0.1, 0.15) is 25.1 Å². The van der Waals surface area contributed by atoms with E-state index >= 15 is 0 Å². The summed E-state index contributed by atoms with van der Waals surface area (Å²) in [6.45, 7) is 6.70. The summed E-state index contributed by atoms with van der Waals surface area (Å²) in [4.78, 5) is 12.7. The summed E-state index contributed by atoms with van der Waals surface area (Å²) in [5.41, 5.74) is 2.47. The van der Waals surface area contributed by atoms with Crippen molar-refractivity contribution in [2.24, 2.45) is 4.99 Å². The Hall–Kier alpha value is -2.35. The summed E-state index contributed by atoms with van der Waals surface area (Å²) in [6.07, 6.45) is 0. The van der Waals surface area contributed by atoms with Crippen LogP contribution in [0.25, 0.3) is 0 Å². The van der Waals surface area contributed by atoms with E-state index < -0.39 is 0 Å². The predicted octanol–water partition coefficient (Wildman–Crippen LogP) is 3.06. The molecule has 0 saturated heterocycles. The van der Waals surface area contributed by atoms with Gasteiger partial charge in [0.05, 0.1) is 17.9 Å². The highest BCUT2D eigenvalue weighted by Gasteiger charge is 2.10. The molecular formula is C19H29FN6S. The zero-order chi connectivity index (χ0) is 19.8. The van der Waals surface area contributed by atoms with Gasteiger partial charge in [0.25, 0.3) is 0 Å². The number of guanidine groups is 1. The third-order valence-electron chi connectivity index (χ3n) is 4.16. The number of hydrogen-bond acceptors (Lipinski definition) is 5. The minimum absolute atomic E-state index is 0.195. The molecule has 8 heteroatoms. The Morgan fingerprint density at radius 2 is 1.89 bits per heavy atom. The molecule has 2 rings (SSSR count). The Labute approximate surface area is 165 Å². The van der Waals surface area contributed by atoms with Crippen molar-refractivity contribution in [3.63, 3.8) is 0 Å². The Bertz CT molecular complexity index is 754. The molecule has 0 bridgehead atoms. The van der Waals surface area contributed by atoms with E-state index in [1.165, 1.54) is 0 Å². The molecule has 27 heavy (non-hydrogen) atoms. The van der Waals surface area contributed by atoms with Crippen molar-refractivity contribution in [1.29, 1.82) is 0 Å². The van der Waals surface area contributed by atoms with E-state index in [1.54, 1.807) is 24.5 Å². The fourth-order valence-corrected chi connectivity index (χ4v) is 3.40. The largest absolute Gasteiger partial charge is 0.370 e. The smallest absolute Gasteiger partial charge is 0.191 e. The molecule has 0 fully saturated rings. The van der Waals surface area contributed by atoms with Crippen LogP contribution in [0.15, 0.2) is 28.6 Å². The molecule has 0 spiro atoms. The molecule has 148 valence electrons. The van der Waals surface area contributed by atoms with E-state index in [-0.39, 0.29) is 5.82 Å². The molecule has 0 amide bonds. The van der Waals surface area contributed by atoms with Crippen molar-refractivity contribution in [3.05, 3.63) is 40.7 Å². The van der Waals surface area contributed by atoms with Crippen molar-refractivity contribution >= 4 is 28.1 Å². The van der Waals surface area contributed by atoms with E-state index in [2.05, 4.69) is 20.6 Å². The fourth-order valence-electron chi connectivity index (χ4n) is 2.64. The SMILES string of the molecule is CCN(CC)c1ccc(CNC(=NC)NCc2csc(N(C)C)n2)cc1F. The molecule has 0 aliphatic heterocycles. The van der Waals surface area contributed by atoms with Crippen LogP contribution in [0.2, 0.25) is 0 Å². The lowest BCUT2D eigenvalue weighted by Crippen LogP contribution is -2.36. The van der Waals surface area contributed by atoms with Crippen molar-refractivity contribution < 1.29 is 4.39 Å². The van der Waals surface area contributed by atoms with Crippen LogP contribution < -0.4 is 20.4 Å². The van der Waals surface area contributed by atoms with Crippen molar-refractivity contribution in [2.75, 3.05) is 44.0 Å². The van der Waals surface area contributed by atoms with Gasteiger partial charge in [0.15, 0.2) is 11.1 Å². The normalized spacial score (nSPS) is 11.4. The second-order valence-corrected chi connectivity index (χ2v) is 7.09. The van der Waals surface area contributed by atoms with Crippen LogP contribution in [-0.2, 0) is 13.1 Å². The molecule has 0 aliphatic rings. The molecule has 0 aliphatic carbocycles. The second kappa shape index (κ2) is 10.1. The first-order valence-corrected chi connectivity index (χ1v) is 9.96. The van der Waals surface area contributed by atoms with Crippen molar-refractivity contribution in [1.82, 2.24) is 15.6 Å². The minimum atomic E-state index is -0.195. The fraction of sp³-hybridized carbons (Fsp3) is 0.474. The van der Waals surface area contributed by atoms with Crippen molar-refractivity contribution in [2.45, 2.75) is 26.9 Å². The number of nitrogens with one attached hydrogen (secondary N) is 2. The van der Waals surface area contributed by atoms with E-state index in [0.29, 0.717) is 24.7 Å². The maximum absolute atomic E-state index is 14.4. The highest BCUT2D eigenvalue weighted by atomic mass is 32.1. The second-order valence-electron chi connectivity index (χ2n) is 6.25. The Morgan fingerprint density at radius 1 is 1.19 bits per heavy atom. The number of thiazole rings is 1. The van der Waals surface area contributed by atoms with Gasteiger partial charge in [-0.3, -0.25) is 4.99 Å². The summed E-state index contributed by atoms with van der Waals surface area (Å²) < 4.78 is 14.4. The minimum Gasteiger partial charge on any atom is -0.370 e.